The van der Waals surface area contributed by atoms with E-state index in [1.54, 1.807) is 6.26 Å². The largest absolute Gasteiger partial charge is 0.498 e. The van der Waals surface area contributed by atoms with E-state index >= 15 is 0 Å². The van der Waals surface area contributed by atoms with Gasteiger partial charge in [-0.25, -0.2) is 0 Å². The van der Waals surface area contributed by atoms with E-state index in [4.69, 9.17) is 9.47 Å². The van der Waals surface area contributed by atoms with Gasteiger partial charge < -0.3 is 9.47 Å². The first-order valence-corrected chi connectivity index (χ1v) is 3.13. The number of ether oxygens (including phenoxy) is 2. The summed E-state index contributed by atoms with van der Waals surface area (Å²) >= 11 is 0. The summed E-state index contributed by atoms with van der Waals surface area (Å²) in [7, 11) is 0. The Morgan fingerprint density at radius 1 is 1.78 bits per heavy atom. The van der Waals surface area contributed by atoms with E-state index in [2.05, 4.69) is 0 Å². The van der Waals surface area contributed by atoms with Gasteiger partial charge in [0.2, 0.25) is 0 Å². The zero-order valence-corrected chi connectivity index (χ0v) is 5.89. The third-order valence-corrected chi connectivity index (χ3v) is 1.26. The number of epoxide rings is 1. The third kappa shape index (κ3) is 2.06. The monoisotopic (exact) mass is 128 g/mol. The number of rotatable bonds is 3. The minimum Gasteiger partial charge on any atom is -0.498 e. The molecular weight excluding hydrogens is 116 g/mol. The minimum absolute atomic E-state index is 0.0273. The molecule has 1 fully saturated rings. The SMILES string of the molecule is CC=COCC1(C)CO1. The number of hydrogen-bond donors (Lipinski definition) is 0. The molecule has 1 aliphatic heterocycles. The van der Waals surface area contributed by atoms with E-state index in [0.717, 1.165) is 6.61 Å². The van der Waals surface area contributed by atoms with Crippen LogP contribution in [0.25, 0.3) is 0 Å². The van der Waals surface area contributed by atoms with Crippen LogP contribution in [0.15, 0.2) is 12.3 Å². The average molecular weight is 128 g/mol. The smallest absolute Gasteiger partial charge is 0.123 e. The Morgan fingerprint density at radius 2 is 2.44 bits per heavy atom. The molecule has 0 bridgehead atoms. The molecule has 0 aromatic rings. The fraction of sp³-hybridized carbons (Fsp3) is 0.714. The van der Waals surface area contributed by atoms with Crippen molar-refractivity contribution in [1.29, 1.82) is 0 Å². The van der Waals surface area contributed by atoms with Crippen molar-refractivity contribution >= 4 is 0 Å². The molecule has 2 heteroatoms. The molecule has 1 heterocycles. The van der Waals surface area contributed by atoms with Crippen molar-refractivity contribution in [3.8, 4) is 0 Å². The number of hydrogen-bond acceptors (Lipinski definition) is 2. The molecule has 0 radical (unpaired) electrons. The quantitative estimate of drug-likeness (QED) is 0.422. The second-order valence-electron chi connectivity index (χ2n) is 2.52. The van der Waals surface area contributed by atoms with Gasteiger partial charge in [0.15, 0.2) is 0 Å². The van der Waals surface area contributed by atoms with Gasteiger partial charge in [0, 0.05) is 0 Å². The highest BCUT2D eigenvalue weighted by Gasteiger charge is 2.39. The maximum absolute atomic E-state index is 5.10. The molecule has 1 aliphatic rings. The van der Waals surface area contributed by atoms with Gasteiger partial charge in [-0.2, -0.15) is 0 Å². The average Bonchev–Trinajstić information content (AvgIpc) is 2.50. The zero-order chi connectivity index (χ0) is 6.74. The summed E-state index contributed by atoms with van der Waals surface area (Å²) in [5.41, 5.74) is 0.0273. The number of allylic oxidation sites excluding steroid dienone is 1. The summed E-state index contributed by atoms with van der Waals surface area (Å²) in [5.74, 6) is 0. The molecule has 1 saturated heterocycles. The Kier molecular flexibility index (Phi) is 1.76. The topological polar surface area (TPSA) is 21.8 Å². The van der Waals surface area contributed by atoms with Crippen LogP contribution in [0.2, 0.25) is 0 Å². The lowest BCUT2D eigenvalue weighted by Crippen LogP contribution is -2.11. The highest BCUT2D eigenvalue weighted by Crippen LogP contribution is 2.25. The first-order valence-electron chi connectivity index (χ1n) is 3.13. The molecule has 1 atom stereocenters. The first kappa shape index (κ1) is 6.62. The predicted molar refractivity (Wildman–Crippen MR) is 35.1 cm³/mol. The van der Waals surface area contributed by atoms with Crippen LogP contribution in [-0.2, 0) is 9.47 Å². The van der Waals surface area contributed by atoms with Crippen molar-refractivity contribution in [2.24, 2.45) is 0 Å². The van der Waals surface area contributed by atoms with Gasteiger partial charge in [-0.1, -0.05) is 6.08 Å². The summed E-state index contributed by atoms with van der Waals surface area (Å²) < 4.78 is 10.2. The highest BCUT2D eigenvalue weighted by atomic mass is 16.6. The molecule has 9 heavy (non-hydrogen) atoms. The van der Waals surface area contributed by atoms with Gasteiger partial charge in [0.1, 0.15) is 12.2 Å². The zero-order valence-electron chi connectivity index (χ0n) is 5.89. The Balaban J connectivity index is 2.05. The molecule has 0 aliphatic carbocycles. The van der Waals surface area contributed by atoms with Crippen molar-refractivity contribution in [2.45, 2.75) is 19.4 Å². The van der Waals surface area contributed by atoms with E-state index in [-0.39, 0.29) is 5.60 Å². The highest BCUT2D eigenvalue weighted by molar-refractivity contribution is 4.87. The Bertz CT molecular complexity index is 114. The molecule has 0 saturated carbocycles. The van der Waals surface area contributed by atoms with Gasteiger partial charge >= 0.3 is 0 Å². The fourth-order valence-corrected chi connectivity index (χ4v) is 0.527. The van der Waals surface area contributed by atoms with E-state index in [1.807, 2.05) is 19.9 Å². The van der Waals surface area contributed by atoms with Crippen molar-refractivity contribution in [3.05, 3.63) is 12.3 Å². The lowest BCUT2D eigenvalue weighted by Gasteiger charge is -2.02. The van der Waals surface area contributed by atoms with Crippen LogP contribution in [-0.4, -0.2) is 18.8 Å². The Hall–Kier alpha value is -0.500. The van der Waals surface area contributed by atoms with Crippen LogP contribution in [0.4, 0.5) is 0 Å². The Morgan fingerprint density at radius 3 is 2.89 bits per heavy atom. The summed E-state index contributed by atoms with van der Waals surface area (Å²) in [4.78, 5) is 0. The van der Waals surface area contributed by atoms with Gasteiger partial charge in [0.25, 0.3) is 0 Å². The van der Waals surface area contributed by atoms with E-state index in [9.17, 15) is 0 Å². The second-order valence-corrected chi connectivity index (χ2v) is 2.52. The maximum Gasteiger partial charge on any atom is 0.123 e. The summed E-state index contributed by atoms with van der Waals surface area (Å²) in [6, 6.07) is 0. The molecule has 2 nitrogen and oxygen atoms in total. The fourth-order valence-electron chi connectivity index (χ4n) is 0.527. The van der Waals surface area contributed by atoms with Crippen LogP contribution in [0.1, 0.15) is 13.8 Å². The van der Waals surface area contributed by atoms with Crippen LogP contribution in [0.5, 0.6) is 0 Å². The van der Waals surface area contributed by atoms with Crippen molar-refractivity contribution in [1.82, 2.24) is 0 Å². The van der Waals surface area contributed by atoms with Crippen molar-refractivity contribution in [3.63, 3.8) is 0 Å². The lowest BCUT2D eigenvalue weighted by atomic mass is 10.2. The standard InChI is InChI=1S/C7H12O2/c1-3-4-8-5-7(2)6-9-7/h3-4H,5-6H2,1-2H3. The maximum atomic E-state index is 5.10. The van der Waals surface area contributed by atoms with Crippen molar-refractivity contribution < 1.29 is 9.47 Å². The predicted octanol–water partition coefficient (Wildman–Crippen LogP) is 1.33. The van der Waals surface area contributed by atoms with Crippen LogP contribution < -0.4 is 0 Å². The summed E-state index contributed by atoms with van der Waals surface area (Å²) in [6.07, 6.45) is 3.55. The first-order chi connectivity index (χ1) is 4.27. The Labute approximate surface area is 55.5 Å². The van der Waals surface area contributed by atoms with Crippen LogP contribution in [0.3, 0.4) is 0 Å². The van der Waals surface area contributed by atoms with Gasteiger partial charge in [-0.15, -0.1) is 0 Å². The second kappa shape index (κ2) is 2.40. The molecule has 0 aromatic carbocycles. The van der Waals surface area contributed by atoms with Gasteiger partial charge in [-0.05, 0) is 13.8 Å². The molecule has 1 unspecified atom stereocenters. The van der Waals surface area contributed by atoms with Crippen molar-refractivity contribution in [2.75, 3.05) is 13.2 Å². The molecule has 0 amide bonds. The molecule has 0 aromatic heterocycles. The molecule has 52 valence electrons. The van der Waals surface area contributed by atoms with Gasteiger partial charge in [0.05, 0.1) is 12.9 Å². The van der Waals surface area contributed by atoms with Crippen LogP contribution >= 0.6 is 0 Å². The minimum atomic E-state index is 0.0273. The normalized spacial score (nSPS) is 33.1. The van der Waals surface area contributed by atoms with E-state index in [1.165, 1.54) is 0 Å². The summed E-state index contributed by atoms with van der Waals surface area (Å²) in [6.45, 7) is 5.48. The molecular formula is C7H12O2. The lowest BCUT2D eigenvalue weighted by molar-refractivity contribution is 0.162. The molecule has 0 spiro atoms. The van der Waals surface area contributed by atoms with E-state index < -0.39 is 0 Å². The molecule has 1 rings (SSSR count). The van der Waals surface area contributed by atoms with Crippen LogP contribution in [0, 0.1) is 0 Å². The molecule has 0 N–H and O–H groups in total. The third-order valence-electron chi connectivity index (χ3n) is 1.26. The van der Waals surface area contributed by atoms with E-state index in [0.29, 0.717) is 6.61 Å². The van der Waals surface area contributed by atoms with Gasteiger partial charge in [-0.3, -0.25) is 0 Å². The summed E-state index contributed by atoms with van der Waals surface area (Å²) in [5, 5.41) is 0.